The summed E-state index contributed by atoms with van der Waals surface area (Å²) in [6.07, 6.45) is 3.04. The van der Waals surface area contributed by atoms with Crippen LogP contribution in [0.4, 0.5) is 4.79 Å². The molecule has 0 spiro atoms. The van der Waals surface area contributed by atoms with Crippen LogP contribution in [-0.4, -0.2) is 38.9 Å². The van der Waals surface area contributed by atoms with Gasteiger partial charge < -0.3 is 24.5 Å². The second-order valence-electron chi connectivity index (χ2n) is 4.48. The summed E-state index contributed by atoms with van der Waals surface area (Å²) < 4.78 is 15.8. The lowest BCUT2D eigenvalue weighted by atomic mass is 10.1. The molecule has 1 aromatic heterocycles. The first-order valence-electron chi connectivity index (χ1n) is 6.48. The van der Waals surface area contributed by atoms with Crippen molar-refractivity contribution >= 4 is 6.03 Å². The highest BCUT2D eigenvalue weighted by Gasteiger charge is 2.18. The topological polar surface area (TPSA) is 72.7 Å². The van der Waals surface area contributed by atoms with Crippen LogP contribution in [0, 0.1) is 0 Å². The van der Waals surface area contributed by atoms with Gasteiger partial charge in [-0.3, -0.25) is 0 Å². The number of nitrogens with one attached hydrogen (secondary N) is 2. The normalized spacial score (nSPS) is 17.9. The molecule has 1 aliphatic rings. The number of rotatable bonds is 5. The molecule has 0 saturated carbocycles. The molecular formula is C13H20N2O4. The van der Waals surface area contributed by atoms with Crippen molar-refractivity contribution in [3.8, 4) is 0 Å². The molecular weight excluding hydrogens is 248 g/mol. The highest BCUT2D eigenvalue weighted by atomic mass is 16.5. The van der Waals surface area contributed by atoms with E-state index in [4.69, 9.17) is 13.9 Å². The molecule has 0 radical (unpaired) electrons. The van der Waals surface area contributed by atoms with Crippen LogP contribution in [0.3, 0.4) is 0 Å². The smallest absolute Gasteiger partial charge is 0.315 e. The van der Waals surface area contributed by atoms with Gasteiger partial charge in [-0.25, -0.2) is 4.79 Å². The molecule has 0 aromatic carbocycles. The van der Waals surface area contributed by atoms with Gasteiger partial charge in [0, 0.05) is 26.4 Å². The predicted octanol–water partition coefficient (Wildman–Crippen LogP) is 1.45. The van der Waals surface area contributed by atoms with E-state index in [1.54, 1.807) is 19.4 Å². The minimum atomic E-state index is -0.268. The van der Waals surface area contributed by atoms with Gasteiger partial charge >= 0.3 is 6.03 Å². The van der Waals surface area contributed by atoms with Crippen molar-refractivity contribution in [2.24, 2.45) is 0 Å². The van der Waals surface area contributed by atoms with Gasteiger partial charge in [-0.1, -0.05) is 0 Å². The van der Waals surface area contributed by atoms with Crippen LogP contribution >= 0.6 is 0 Å². The number of ether oxygens (including phenoxy) is 2. The summed E-state index contributed by atoms with van der Waals surface area (Å²) in [5.41, 5.74) is 0. The summed E-state index contributed by atoms with van der Waals surface area (Å²) in [6, 6.07) is 3.63. The molecule has 19 heavy (non-hydrogen) atoms. The number of urea groups is 1. The summed E-state index contributed by atoms with van der Waals surface area (Å²) in [5, 5.41) is 5.72. The van der Waals surface area contributed by atoms with Gasteiger partial charge in [0.15, 0.2) is 0 Å². The van der Waals surface area contributed by atoms with Gasteiger partial charge in [0.05, 0.1) is 12.8 Å². The molecule has 2 amide bonds. The Kier molecular flexibility index (Phi) is 5.23. The van der Waals surface area contributed by atoms with Gasteiger partial charge in [0.1, 0.15) is 11.9 Å². The molecule has 1 aliphatic heterocycles. The summed E-state index contributed by atoms with van der Waals surface area (Å²) in [5.74, 6) is 0.703. The van der Waals surface area contributed by atoms with Crippen LogP contribution in [0.1, 0.15) is 24.7 Å². The minimum Gasteiger partial charge on any atom is -0.467 e. The molecule has 2 rings (SSSR count). The largest absolute Gasteiger partial charge is 0.467 e. The molecule has 1 saturated heterocycles. The number of amides is 2. The van der Waals surface area contributed by atoms with Gasteiger partial charge in [0.25, 0.3) is 0 Å². The molecule has 2 heterocycles. The van der Waals surface area contributed by atoms with E-state index < -0.39 is 0 Å². The van der Waals surface area contributed by atoms with Crippen LogP contribution in [0.15, 0.2) is 22.8 Å². The predicted molar refractivity (Wildman–Crippen MR) is 68.8 cm³/mol. The zero-order valence-corrected chi connectivity index (χ0v) is 11.1. The van der Waals surface area contributed by atoms with E-state index in [2.05, 4.69) is 10.6 Å². The maximum absolute atomic E-state index is 11.8. The monoisotopic (exact) mass is 268 g/mol. The Morgan fingerprint density at radius 3 is 2.95 bits per heavy atom. The van der Waals surface area contributed by atoms with Crippen LogP contribution in [0.2, 0.25) is 0 Å². The van der Waals surface area contributed by atoms with E-state index in [0.717, 1.165) is 12.8 Å². The highest BCUT2D eigenvalue weighted by molar-refractivity contribution is 5.74. The minimum absolute atomic E-state index is 0.180. The van der Waals surface area contributed by atoms with E-state index in [1.165, 1.54) is 0 Å². The van der Waals surface area contributed by atoms with E-state index in [0.29, 0.717) is 25.5 Å². The second kappa shape index (κ2) is 7.16. The number of hydrogen-bond donors (Lipinski definition) is 2. The lowest BCUT2D eigenvalue weighted by molar-refractivity contribution is 0.0770. The van der Waals surface area contributed by atoms with E-state index in [1.807, 2.05) is 6.07 Å². The third-order valence-corrected chi connectivity index (χ3v) is 3.15. The van der Waals surface area contributed by atoms with Crippen molar-refractivity contribution in [2.45, 2.75) is 25.0 Å². The maximum Gasteiger partial charge on any atom is 0.315 e. The SMILES string of the molecule is CO[C@@H](CNC(=O)NC1CCOCC1)c1ccco1. The number of carbonyl (C=O) groups is 1. The van der Waals surface area contributed by atoms with Crippen molar-refractivity contribution in [1.82, 2.24) is 10.6 Å². The van der Waals surface area contributed by atoms with Gasteiger partial charge in [0.2, 0.25) is 0 Å². The quantitative estimate of drug-likeness (QED) is 0.847. The lowest BCUT2D eigenvalue weighted by Crippen LogP contribution is -2.45. The number of carbonyl (C=O) groups excluding carboxylic acids is 1. The zero-order chi connectivity index (χ0) is 13.5. The molecule has 1 atom stereocenters. The van der Waals surface area contributed by atoms with Crippen molar-refractivity contribution in [3.63, 3.8) is 0 Å². The Labute approximate surface area is 112 Å². The Morgan fingerprint density at radius 2 is 2.32 bits per heavy atom. The number of methoxy groups -OCH3 is 1. The van der Waals surface area contributed by atoms with Crippen molar-refractivity contribution in [1.29, 1.82) is 0 Å². The fourth-order valence-corrected chi connectivity index (χ4v) is 2.04. The van der Waals surface area contributed by atoms with Gasteiger partial charge in [-0.15, -0.1) is 0 Å². The maximum atomic E-state index is 11.8. The summed E-state index contributed by atoms with van der Waals surface area (Å²) in [6.45, 7) is 1.79. The summed E-state index contributed by atoms with van der Waals surface area (Å²) >= 11 is 0. The lowest BCUT2D eigenvalue weighted by Gasteiger charge is -2.23. The zero-order valence-electron chi connectivity index (χ0n) is 11.1. The van der Waals surface area contributed by atoms with Crippen LogP contribution < -0.4 is 10.6 Å². The van der Waals surface area contributed by atoms with Crippen LogP contribution in [0.25, 0.3) is 0 Å². The first-order valence-corrected chi connectivity index (χ1v) is 6.48. The third kappa shape index (κ3) is 4.25. The third-order valence-electron chi connectivity index (χ3n) is 3.15. The van der Waals surface area contributed by atoms with Crippen molar-refractivity contribution < 1.29 is 18.7 Å². The Hall–Kier alpha value is -1.53. The molecule has 2 N–H and O–H groups in total. The molecule has 6 nitrogen and oxygen atoms in total. The van der Waals surface area contributed by atoms with E-state index in [-0.39, 0.29) is 18.2 Å². The highest BCUT2D eigenvalue weighted by Crippen LogP contribution is 2.15. The number of furan rings is 1. The molecule has 1 aromatic rings. The second-order valence-corrected chi connectivity index (χ2v) is 4.48. The van der Waals surface area contributed by atoms with Crippen molar-refractivity contribution in [2.75, 3.05) is 26.9 Å². The van der Waals surface area contributed by atoms with Crippen molar-refractivity contribution in [3.05, 3.63) is 24.2 Å². The van der Waals surface area contributed by atoms with E-state index >= 15 is 0 Å². The Balaban J connectivity index is 1.72. The fraction of sp³-hybridized carbons (Fsp3) is 0.615. The molecule has 1 fully saturated rings. The van der Waals surface area contributed by atoms with Gasteiger partial charge in [-0.05, 0) is 25.0 Å². The van der Waals surface area contributed by atoms with Crippen LogP contribution in [-0.2, 0) is 9.47 Å². The molecule has 0 unspecified atom stereocenters. The number of hydrogen-bond acceptors (Lipinski definition) is 4. The molecule has 106 valence electrons. The fourth-order valence-electron chi connectivity index (χ4n) is 2.04. The molecule has 0 bridgehead atoms. The first kappa shape index (κ1) is 13.9. The Bertz CT molecular complexity index is 374. The van der Waals surface area contributed by atoms with Gasteiger partial charge in [-0.2, -0.15) is 0 Å². The molecule has 6 heteroatoms. The first-order chi connectivity index (χ1) is 9.29. The average Bonchev–Trinajstić information content (AvgIpc) is 2.95. The summed E-state index contributed by atoms with van der Waals surface area (Å²) in [7, 11) is 1.59. The van der Waals surface area contributed by atoms with E-state index in [9.17, 15) is 4.79 Å². The van der Waals surface area contributed by atoms with Crippen LogP contribution in [0.5, 0.6) is 0 Å². The summed E-state index contributed by atoms with van der Waals surface area (Å²) in [4.78, 5) is 11.8. The molecule has 0 aliphatic carbocycles. The average molecular weight is 268 g/mol. The standard InChI is InChI=1S/C13H20N2O4/c1-17-12(11-3-2-6-19-11)9-14-13(16)15-10-4-7-18-8-5-10/h2-3,6,10,12H,4-5,7-9H2,1H3,(H2,14,15,16)/t12-/m0/s1. The Morgan fingerprint density at radius 1 is 1.53 bits per heavy atom.